The van der Waals surface area contributed by atoms with Gasteiger partial charge in [0.25, 0.3) is 5.91 Å². The molecule has 4 aromatic rings. The monoisotopic (exact) mass is 444 g/mol. The van der Waals surface area contributed by atoms with E-state index in [2.05, 4.69) is 12.2 Å². The Bertz CT molecular complexity index is 1340. The zero-order valence-electron chi connectivity index (χ0n) is 18.4. The number of benzene rings is 2. The predicted octanol–water partition coefficient (Wildman–Crippen LogP) is 6.38. The topological polar surface area (TPSA) is 59.8 Å². The van der Waals surface area contributed by atoms with E-state index >= 15 is 0 Å². The highest BCUT2D eigenvalue weighted by Crippen LogP contribution is 2.41. The maximum absolute atomic E-state index is 13.4. The first-order valence-electron chi connectivity index (χ1n) is 11.0. The van der Waals surface area contributed by atoms with Crippen molar-refractivity contribution in [2.75, 3.05) is 5.32 Å². The molecule has 0 spiro atoms. The third-order valence-electron chi connectivity index (χ3n) is 6.16. The Morgan fingerprint density at radius 3 is 2.59 bits per heavy atom. The molecule has 162 valence electrons. The number of amides is 1. The molecule has 1 saturated carbocycles. The van der Waals surface area contributed by atoms with Crippen LogP contribution in [0.25, 0.3) is 16.7 Å². The van der Waals surface area contributed by atoms with Crippen molar-refractivity contribution in [3.05, 3.63) is 81.6 Å². The van der Waals surface area contributed by atoms with Gasteiger partial charge in [-0.2, -0.15) is 5.10 Å². The van der Waals surface area contributed by atoms with Crippen LogP contribution in [-0.4, -0.2) is 20.7 Å². The summed E-state index contributed by atoms with van der Waals surface area (Å²) in [5, 5.41) is 9.28. The van der Waals surface area contributed by atoms with E-state index in [1.807, 2.05) is 67.1 Å². The fourth-order valence-corrected chi connectivity index (χ4v) is 4.26. The number of fused-ring (bicyclic) bond motifs is 1. The molecule has 5 rings (SSSR count). The van der Waals surface area contributed by atoms with Gasteiger partial charge in [-0.05, 0) is 74.6 Å². The summed E-state index contributed by atoms with van der Waals surface area (Å²) in [6, 6.07) is 15.7. The summed E-state index contributed by atoms with van der Waals surface area (Å²) in [5.74, 6) is 0.257. The van der Waals surface area contributed by atoms with Crippen LogP contribution in [0.1, 0.15) is 58.6 Å². The lowest BCUT2D eigenvalue weighted by molar-refractivity contribution is 0.102. The minimum absolute atomic E-state index is 0.144. The lowest BCUT2D eigenvalue weighted by Gasteiger charge is -2.11. The number of carbonyl (C=O) groups is 1. The van der Waals surface area contributed by atoms with E-state index in [-0.39, 0.29) is 5.91 Å². The second-order valence-electron chi connectivity index (χ2n) is 8.45. The number of pyridine rings is 1. The fourth-order valence-electron chi connectivity index (χ4n) is 4.09. The SMILES string of the molecule is CCc1ccc(NC(=O)c2cc(C3CC3)nc3c2c(C)nn3-c2cccc(Cl)c2C)cc1. The van der Waals surface area contributed by atoms with Crippen LogP contribution in [0, 0.1) is 13.8 Å². The van der Waals surface area contributed by atoms with Crippen LogP contribution in [0.4, 0.5) is 5.69 Å². The molecule has 32 heavy (non-hydrogen) atoms. The van der Waals surface area contributed by atoms with Crippen LogP contribution >= 0.6 is 11.6 Å². The first-order chi connectivity index (χ1) is 15.5. The van der Waals surface area contributed by atoms with Crippen molar-refractivity contribution in [1.82, 2.24) is 14.8 Å². The average molecular weight is 445 g/mol. The number of hydrogen-bond acceptors (Lipinski definition) is 3. The van der Waals surface area contributed by atoms with Crippen molar-refractivity contribution in [2.45, 2.75) is 46.0 Å². The smallest absolute Gasteiger partial charge is 0.256 e. The number of carbonyl (C=O) groups excluding carboxylic acids is 1. The first kappa shape index (κ1) is 20.7. The number of aryl methyl sites for hydroxylation is 2. The number of hydrogen-bond donors (Lipinski definition) is 1. The normalized spacial score (nSPS) is 13.5. The quantitative estimate of drug-likeness (QED) is 0.388. The van der Waals surface area contributed by atoms with Crippen molar-refractivity contribution in [1.29, 1.82) is 0 Å². The number of rotatable bonds is 5. The number of nitrogens with zero attached hydrogens (tertiary/aromatic N) is 3. The molecule has 1 N–H and O–H groups in total. The molecule has 2 heterocycles. The van der Waals surface area contributed by atoms with Crippen LogP contribution in [0.5, 0.6) is 0 Å². The van der Waals surface area contributed by atoms with Crippen molar-refractivity contribution in [3.8, 4) is 5.69 Å². The molecular weight excluding hydrogens is 420 g/mol. The minimum atomic E-state index is -0.144. The summed E-state index contributed by atoms with van der Waals surface area (Å²) in [5.41, 5.74) is 6.84. The maximum atomic E-state index is 13.4. The van der Waals surface area contributed by atoms with Gasteiger partial charge in [-0.3, -0.25) is 4.79 Å². The molecule has 2 aromatic heterocycles. The van der Waals surface area contributed by atoms with E-state index in [1.54, 1.807) is 0 Å². The standard InChI is InChI=1S/C26H25ClN4O/c1-4-17-8-12-19(13-9-17)28-26(32)20-14-22(18-10-11-18)29-25-24(20)16(3)30-31(25)23-7-5-6-21(27)15(23)2/h5-9,12-14,18H,4,10-11H2,1-3H3,(H,28,32). The summed E-state index contributed by atoms with van der Waals surface area (Å²) < 4.78 is 1.82. The molecule has 0 unspecified atom stereocenters. The summed E-state index contributed by atoms with van der Waals surface area (Å²) in [7, 11) is 0. The molecule has 0 saturated heterocycles. The van der Waals surface area contributed by atoms with Crippen LogP contribution in [0.3, 0.4) is 0 Å². The molecule has 5 nitrogen and oxygen atoms in total. The van der Waals surface area contributed by atoms with Gasteiger partial charge < -0.3 is 5.32 Å². The first-order valence-corrected chi connectivity index (χ1v) is 11.4. The van der Waals surface area contributed by atoms with Crippen molar-refractivity contribution >= 4 is 34.2 Å². The largest absolute Gasteiger partial charge is 0.322 e. The predicted molar refractivity (Wildman–Crippen MR) is 129 cm³/mol. The van der Waals surface area contributed by atoms with E-state index in [1.165, 1.54) is 5.56 Å². The molecule has 6 heteroatoms. The molecule has 0 atom stereocenters. The van der Waals surface area contributed by atoms with Gasteiger partial charge in [0.15, 0.2) is 5.65 Å². The second kappa shape index (κ2) is 8.06. The Hall–Kier alpha value is -3.18. The summed E-state index contributed by atoms with van der Waals surface area (Å²) in [6.45, 7) is 6.01. The second-order valence-corrected chi connectivity index (χ2v) is 8.86. The van der Waals surface area contributed by atoms with Crippen LogP contribution < -0.4 is 5.32 Å². The van der Waals surface area contributed by atoms with Gasteiger partial charge in [0.2, 0.25) is 0 Å². The molecule has 0 bridgehead atoms. The Kier molecular flexibility index (Phi) is 5.22. The van der Waals surface area contributed by atoms with Crippen LogP contribution in [0.2, 0.25) is 5.02 Å². The highest BCUT2D eigenvalue weighted by atomic mass is 35.5. The summed E-state index contributed by atoms with van der Waals surface area (Å²) in [4.78, 5) is 18.4. The van der Waals surface area contributed by atoms with Gasteiger partial charge in [0.05, 0.1) is 22.3 Å². The number of anilines is 1. The Morgan fingerprint density at radius 1 is 1.16 bits per heavy atom. The van der Waals surface area contributed by atoms with E-state index in [0.29, 0.717) is 22.2 Å². The van der Waals surface area contributed by atoms with Gasteiger partial charge in [0, 0.05) is 22.3 Å². The Balaban J connectivity index is 1.64. The number of nitrogens with one attached hydrogen (secondary N) is 1. The zero-order chi connectivity index (χ0) is 22.4. The van der Waals surface area contributed by atoms with E-state index in [0.717, 1.165) is 53.0 Å². The van der Waals surface area contributed by atoms with Crippen molar-refractivity contribution in [3.63, 3.8) is 0 Å². The molecule has 1 fully saturated rings. The van der Waals surface area contributed by atoms with Gasteiger partial charge in [-0.15, -0.1) is 0 Å². The molecule has 0 aliphatic heterocycles. The minimum Gasteiger partial charge on any atom is -0.322 e. The number of halogens is 1. The Labute approximate surface area is 192 Å². The molecule has 2 aromatic carbocycles. The van der Waals surface area contributed by atoms with Gasteiger partial charge in [0.1, 0.15) is 0 Å². The van der Waals surface area contributed by atoms with E-state index in [9.17, 15) is 4.79 Å². The highest BCUT2D eigenvalue weighted by Gasteiger charge is 2.29. The zero-order valence-corrected chi connectivity index (χ0v) is 19.2. The molecule has 1 aliphatic carbocycles. The molecular formula is C26H25ClN4O. The Morgan fingerprint density at radius 2 is 1.91 bits per heavy atom. The maximum Gasteiger partial charge on any atom is 0.256 e. The van der Waals surface area contributed by atoms with Crippen molar-refractivity contribution in [2.24, 2.45) is 0 Å². The molecule has 1 amide bonds. The van der Waals surface area contributed by atoms with Crippen molar-refractivity contribution < 1.29 is 4.79 Å². The third kappa shape index (κ3) is 3.67. The third-order valence-corrected chi connectivity index (χ3v) is 6.57. The lowest BCUT2D eigenvalue weighted by atomic mass is 10.1. The van der Waals surface area contributed by atoms with Crippen LogP contribution in [0.15, 0.2) is 48.5 Å². The fraction of sp³-hybridized carbons (Fsp3) is 0.269. The summed E-state index contributed by atoms with van der Waals surface area (Å²) in [6.07, 6.45) is 3.16. The lowest BCUT2D eigenvalue weighted by Crippen LogP contribution is -2.14. The van der Waals surface area contributed by atoms with E-state index < -0.39 is 0 Å². The van der Waals surface area contributed by atoms with Crippen LogP contribution in [-0.2, 0) is 6.42 Å². The van der Waals surface area contributed by atoms with E-state index in [4.69, 9.17) is 21.7 Å². The summed E-state index contributed by atoms with van der Waals surface area (Å²) >= 11 is 6.38. The molecule has 0 radical (unpaired) electrons. The number of aromatic nitrogens is 3. The van der Waals surface area contributed by atoms with Gasteiger partial charge in [-0.25, -0.2) is 9.67 Å². The molecule has 1 aliphatic rings. The highest BCUT2D eigenvalue weighted by molar-refractivity contribution is 6.31. The average Bonchev–Trinajstić information content (AvgIpc) is 3.60. The van der Waals surface area contributed by atoms with Gasteiger partial charge in [-0.1, -0.05) is 36.7 Å². The van der Waals surface area contributed by atoms with Gasteiger partial charge >= 0.3 is 0 Å².